The summed E-state index contributed by atoms with van der Waals surface area (Å²) in [5.41, 5.74) is -0.478. The Morgan fingerprint density at radius 3 is 2.50 bits per heavy atom. The van der Waals surface area contributed by atoms with Crippen molar-refractivity contribution in [1.29, 1.82) is 0 Å². The fraction of sp³-hybridized carbons (Fsp3) is 0.167. The van der Waals surface area contributed by atoms with Crippen LogP contribution in [0.2, 0.25) is 0 Å². The summed E-state index contributed by atoms with van der Waals surface area (Å²) in [5, 5.41) is 2.63. The van der Waals surface area contributed by atoms with Gasteiger partial charge >= 0.3 is 6.03 Å². The van der Waals surface area contributed by atoms with E-state index in [1.807, 2.05) is 0 Å². The Labute approximate surface area is 138 Å². The van der Waals surface area contributed by atoms with Crippen LogP contribution in [0.5, 0.6) is 0 Å². The molecule has 0 radical (unpaired) electrons. The predicted octanol–water partition coefficient (Wildman–Crippen LogP) is 2.48. The number of imide groups is 1. The van der Waals surface area contributed by atoms with E-state index in [4.69, 9.17) is 0 Å². The van der Waals surface area contributed by atoms with E-state index in [0.29, 0.717) is 5.56 Å². The number of hydrogen-bond acceptors (Lipinski definition) is 3. The van der Waals surface area contributed by atoms with Gasteiger partial charge in [0.1, 0.15) is 11.4 Å². The second-order valence-corrected chi connectivity index (χ2v) is 5.75. The molecular formula is C18H15FN2O3. The first-order chi connectivity index (χ1) is 11.4. The van der Waals surface area contributed by atoms with Gasteiger partial charge in [-0.25, -0.2) is 9.18 Å². The van der Waals surface area contributed by atoms with Gasteiger partial charge in [0, 0.05) is 5.56 Å². The Kier molecular flexibility index (Phi) is 3.89. The van der Waals surface area contributed by atoms with Crippen molar-refractivity contribution in [2.75, 3.05) is 6.54 Å². The zero-order valence-corrected chi connectivity index (χ0v) is 13.0. The maximum atomic E-state index is 13.2. The topological polar surface area (TPSA) is 66.5 Å². The molecule has 1 aliphatic rings. The smallest absolute Gasteiger partial charge is 0.319 e. The molecule has 122 valence electrons. The number of carbonyl (C=O) groups is 3. The SMILES string of the molecule is C[C@]1(c2ccccc2)NC(=O)N(CC(=O)c2cccc(F)c2)C1=O. The van der Waals surface area contributed by atoms with Crippen molar-refractivity contribution in [2.45, 2.75) is 12.5 Å². The van der Waals surface area contributed by atoms with Gasteiger partial charge in [-0.3, -0.25) is 14.5 Å². The molecule has 3 rings (SSSR count). The Balaban J connectivity index is 1.84. The van der Waals surface area contributed by atoms with E-state index in [9.17, 15) is 18.8 Å². The lowest BCUT2D eigenvalue weighted by molar-refractivity contribution is -0.130. The number of nitrogens with zero attached hydrogens (tertiary/aromatic N) is 1. The standard InChI is InChI=1S/C18H15FN2O3/c1-18(13-7-3-2-4-8-13)16(23)21(17(24)20-18)11-15(22)12-6-5-9-14(19)10-12/h2-10H,11H2,1H3,(H,20,24)/t18-/m1/s1. The van der Waals surface area contributed by atoms with Crippen LogP contribution >= 0.6 is 0 Å². The fourth-order valence-corrected chi connectivity index (χ4v) is 2.70. The lowest BCUT2D eigenvalue weighted by Gasteiger charge is -2.22. The van der Waals surface area contributed by atoms with Gasteiger partial charge in [-0.2, -0.15) is 0 Å². The molecule has 0 aromatic heterocycles. The molecule has 0 saturated carbocycles. The predicted molar refractivity (Wildman–Crippen MR) is 84.8 cm³/mol. The molecule has 0 spiro atoms. The first-order valence-electron chi connectivity index (χ1n) is 7.40. The number of rotatable bonds is 4. The van der Waals surface area contributed by atoms with Crippen molar-refractivity contribution >= 4 is 17.7 Å². The lowest BCUT2D eigenvalue weighted by atomic mass is 9.92. The molecular weight excluding hydrogens is 311 g/mol. The van der Waals surface area contributed by atoms with E-state index in [-0.39, 0.29) is 5.56 Å². The van der Waals surface area contributed by atoms with Gasteiger partial charge in [0.25, 0.3) is 5.91 Å². The molecule has 1 aliphatic heterocycles. The number of Topliss-reactive ketones (excluding diaryl/α,β-unsaturated/α-hetero) is 1. The Bertz CT molecular complexity index is 822. The highest BCUT2D eigenvalue weighted by atomic mass is 19.1. The summed E-state index contributed by atoms with van der Waals surface area (Å²) in [6.07, 6.45) is 0. The van der Waals surface area contributed by atoms with Crippen molar-refractivity contribution in [3.8, 4) is 0 Å². The number of carbonyl (C=O) groups excluding carboxylic acids is 3. The van der Waals surface area contributed by atoms with E-state index < -0.39 is 35.6 Å². The zero-order chi connectivity index (χ0) is 17.3. The number of ketones is 1. The molecule has 24 heavy (non-hydrogen) atoms. The second-order valence-electron chi connectivity index (χ2n) is 5.75. The number of hydrogen-bond donors (Lipinski definition) is 1. The molecule has 1 saturated heterocycles. The molecule has 1 atom stereocenters. The van der Waals surface area contributed by atoms with Crippen LogP contribution < -0.4 is 5.32 Å². The van der Waals surface area contributed by atoms with Gasteiger partial charge in [0.2, 0.25) is 0 Å². The molecule has 2 aromatic rings. The summed E-state index contributed by atoms with van der Waals surface area (Å²) in [4.78, 5) is 38.0. The molecule has 2 aromatic carbocycles. The molecule has 5 nitrogen and oxygen atoms in total. The third kappa shape index (κ3) is 2.67. The van der Waals surface area contributed by atoms with E-state index in [2.05, 4.69) is 5.32 Å². The summed E-state index contributed by atoms with van der Waals surface area (Å²) in [7, 11) is 0. The normalized spacial score (nSPS) is 20.2. The van der Waals surface area contributed by atoms with E-state index in [1.54, 1.807) is 37.3 Å². The maximum absolute atomic E-state index is 13.2. The Hall–Kier alpha value is -3.02. The first kappa shape index (κ1) is 15.9. The van der Waals surface area contributed by atoms with E-state index in [0.717, 1.165) is 11.0 Å². The van der Waals surface area contributed by atoms with Crippen LogP contribution in [0.1, 0.15) is 22.8 Å². The van der Waals surface area contributed by atoms with E-state index >= 15 is 0 Å². The van der Waals surface area contributed by atoms with Gasteiger partial charge in [0.05, 0.1) is 6.54 Å². The minimum atomic E-state index is -1.22. The maximum Gasteiger partial charge on any atom is 0.325 e. The number of urea groups is 1. The van der Waals surface area contributed by atoms with Gasteiger partial charge in [-0.05, 0) is 24.6 Å². The van der Waals surface area contributed by atoms with Gasteiger partial charge in [-0.1, -0.05) is 42.5 Å². The van der Waals surface area contributed by atoms with Crippen LogP contribution in [0.25, 0.3) is 0 Å². The van der Waals surface area contributed by atoms with Gasteiger partial charge < -0.3 is 5.32 Å². The number of nitrogens with one attached hydrogen (secondary N) is 1. The summed E-state index contributed by atoms with van der Waals surface area (Å²) in [6.45, 7) is 1.16. The van der Waals surface area contributed by atoms with Crippen molar-refractivity contribution in [3.05, 3.63) is 71.5 Å². The monoisotopic (exact) mass is 326 g/mol. The highest BCUT2D eigenvalue weighted by Crippen LogP contribution is 2.28. The largest absolute Gasteiger partial charge is 0.325 e. The van der Waals surface area contributed by atoms with Crippen molar-refractivity contribution in [2.24, 2.45) is 0 Å². The number of amides is 3. The summed E-state index contributed by atoms with van der Waals surface area (Å²) in [6, 6.07) is 13.3. The minimum absolute atomic E-state index is 0.115. The highest BCUT2D eigenvalue weighted by molar-refractivity contribution is 6.11. The second kappa shape index (κ2) is 5.88. The van der Waals surface area contributed by atoms with Crippen LogP contribution in [0.4, 0.5) is 9.18 Å². The average molecular weight is 326 g/mol. The molecule has 0 bridgehead atoms. The Morgan fingerprint density at radius 2 is 1.83 bits per heavy atom. The minimum Gasteiger partial charge on any atom is -0.319 e. The van der Waals surface area contributed by atoms with Crippen LogP contribution in [0.3, 0.4) is 0 Å². The van der Waals surface area contributed by atoms with Crippen LogP contribution in [0.15, 0.2) is 54.6 Å². The van der Waals surface area contributed by atoms with E-state index in [1.165, 1.54) is 18.2 Å². The van der Waals surface area contributed by atoms with Crippen LogP contribution in [-0.4, -0.2) is 29.2 Å². The van der Waals surface area contributed by atoms with Gasteiger partial charge in [-0.15, -0.1) is 0 Å². The summed E-state index contributed by atoms with van der Waals surface area (Å²) >= 11 is 0. The summed E-state index contributed by atoms with van der Waals surface area (Å²) < 4.78 is 13.2. The quantitative estimate of drug-likeness (QED) is 0.693. The fourth-order valence-electron chi connectivity index (χ4n) is 2.70. The van der Waals surface area contributed by atoms with Crippen molar-refractivity contribution < 1.29 is 18.8 Å². The average Bonchev–Trinajstić information content (AvgIpc) is 2.80. The molecule has 1 heterocycles. The van der Waals surface area contributed by atoms with Crippen molar-refractivity contribution in [1.82, 2.24) is 10.2 Å². The Morgan fingerprint density at radius 1 is 1.12 bits per heavy atom. The zero-order valence-electron chi connectivity index (χ0n) is 13.0. The third-order valence-electron chi connectivity index (χ3n) is 4.07. The molecule has 0 unspecified atom stereocenters. The number of benzene rings is 2. The van der Waals surface area contributed by atoms with Crippen LogP contribution in [0, 0.1) is 5.82 Å². The molecule has 6 heteroatoms. The summed E-state index contributed by atoms with van der Waals surface area (Å²) in [5.74, 6) is -1.56. The lowest BCUT2D eigenvalue weighted by Crippen LogP contribution is -2.41. The van der Waals surface area contributed by atoms with Crippen LogP contribution in [-0.2, 0) is 10.3 Å². The third-order valence-corrected chi connectivity index (χ3v) is 4.07. The van der Waals surface area contributed by atoms with Gasteiger partial charge in [0.15, 0.2) is 5.78 Å². The first-order valence-corrected chi connectivity index (χ1v) is 7.40. The number of halogens is 1. The molecule has 3 amide bonds. The van der Waals surface area contributed by atoms with Crippen molar-refractivity contribution in [3.63, 3.8) is 0 Å². The molecule has 1 fully saturated rings. The highest BCUT2D eigenvalue weighted by Gasteiger charge is 2.49. The molecule has 0 aliphatic carbocycles. The molecule has 1 N–H and O–H groups in total.